The molecule has 3 fully saturated rings. The maximum atomic E-state index is 12.7. The van der Waals surface area contributed by atoms with Crippen LogP contribution in [0.15, 0.2) is 72.8 Å². The first-order valence-electron chi connectivity index (χ1n) is 11.6. The summed E-state index contributed by atoms with van der Waals surface area (Å²) >= 11 is 0. The third-order valence-electron chi connectivity index (χ3n) is 6.77. The van der Waals surface area contributed by atoms with Crippen molar-refractivity contribution >= 4 is 11.9 Å². The molecule has 0 N–H and O–H groups in total. The van der Waals surface area contributed by atoms with Crippen LogP contribution in [-0.2, 0) is 30.2 Å². The van der Waals surface area contributed by atoms with Gasteiger partial charge in [0.05, 0.1) is 25.2 Å². The molecule has 2 aliphatic heterocycles. The van der Waals surface area contributed by atoms with Crippen LogP contribution in [-0.4, -0.2) is 43.1 Å². The number of rotatable bonds is 7. The van der Waals surface area contributed by atoms with E-state index in [-0.39, 0.29) is 36.0 Å². The Morgan fingerprint density at radius 3 is 2.45 bits per heavy atom. The zero-order valence-corrected chi connectivity index (χ0v) is 18.4. The summed E-state index contributed by atoms with van der Waals surface area (Å²) in [7, 11) is 0. The third-order valence-corrected chi connectivity index (χ3v) is 6.77. The average Bonchev–Trinajstić information content (AvgIpc) is 3.53. The van der Waals surface area contributed by atoms with Crippen LogP contribution in [0.2, 0.25) is 0 Å². The number of carbonyl (C=O) groups excluding carboxylic acids is 2. The summed E-state index contributed by atoms with van der Waals surface area (Å²) < 4.78 is 23.5. The molecule has 6 heteroatoms. The van der Waals surface area contributed by atoms with Crippen LogP contribution < -0.4 is 0 Å². The first-order valence-corrected chi connectivity index (χ1v) is 11.6. The van der Waals surface area contributed by atoms with E-state index < -0.39 is 5.79 Å². The van der Waals surface area contributed by atoms with Crippen molar-refractivity contribution in [2.24, 2.45) is 11.8 Å². The fourth-order valence-electron chi connectivity index (χ4n) is 5.09. The van der Waals surface area contributed by atoms with E-state index in [4.69, 9.17) is 18.9 Å². The molecule has 1 aliphatic carbocycles. The molecule has 0 aromatic heterocycles. The third kappa shape index (κ3) is 4.87. The van der Waals surface area contributed by atoms with E-state index in [1.807, 2.05) is 48.6 Å². The number of aryl methyl sites for hydroxylation is 1. The fraction of sp³-hybridized carbons (Fsp3) is 0.407. The Labute approximate surface area is 193 Å². The van der Waals surface area contributed by atoms with Crippen LogP contribution in [0.4, 0.5) is 0 Å². The van der Waals surface area contributed by atoms with Crippen LogP contribution in [0.5, 0.6) is 0 Å². The van der Waals surface area contributed by atoms with Crippen LogP contribution in [0, 0.1) is 11.8 Å². The van der Waals surface area contributed by atoms with Gasteiger partial charge in [-0.2, -0.15) is 0 Å². The Morgan fingerprint density at radius 2 is 1.73 bits per heavy atom. The smallest absolute Gasteiger partial charge is 0.338 e. The van der Waals surface area contributed by atoms with Gasteiger partial charge in [0.25, 0.3) is 0 Å². The lowest BCUT2D eigenvalue weighted by Crippen LogP contribution is -2.30. The Morgan fingerprint density at radius 1 is 1.03 bits per heavy atom. The molecule has 0 bridgehead atoms. The van der Waals surface area contributed by atoms with Crippen molar-refractivity contribution in [3.8, 4) is 0 Å². The van der Waals surface area contributed by atoms with E-state index in [1.54, 1.807) is 12.1 Å². The number of fused-ring (bicyclic) bond motifs is 1. The summed E-state index contributed by atoms with van der Waals surface area (Å²) in [6, 6.07) is 19.2. The van der Waals surface area contributed by atoms with E-state index in [9.17, 15) is 9.59 Å². The number of hydrogen-bond acceptors (Lipinski definition) is 6. The Hall–Kier alpha value is -2.96. The van der Waals surface area contributed by atoms with Gasteiger partial charge >= 0.3 is 11.9 Å². The minimum atomic E-state index is -0.814. The van der Waals surface area contributed by atoms with Crippen LogP contribution in [0.25, 0.3) is 0 Å². The standard InChI is InChI=1S/C27H28O6/c28-25-17-22-21(23(18-24(22)32-25)33-26(29)20-9-5-2-6-10-20)12-14-27(30-15-16-31-27)13-11-19-7-3-1-4-8-19/h1-10,12,14,21-24H,11,13,15-18H2/b14-12+/t21-,22-,23-,24+/m1/s1. The number of benzene rings is 2. The zero-order chi connectivity index (χ0) is 22.7. The first-order chi connectivity index (χ1) is 16.1. The highest BCUT2D eigenvalue weighted by Gasteiger charge is 2.51. The molecular weight excluding hydrogens is 420 g/mol. The molecule has 2 heterocycles. The molecule has 6 nitrogen and oxygen atoms in total. The molecular formula is C27H28O6. The van der Waals surface area contributed by atoms with Gasteiger partial charge in [0.2, 0.25) is 0 Å². The lowest BCUT2D eigenvalue weighted by molar-refractivity contribution is -0.141. The van der Waals surface area contributed by atoms with E-state index >= 15 is 0 Å². The molecule has 0 spiro atoms. The minimum Gasteiger partial charge on any atom is -0.462 e. The second kappa shape index (κ2) is 9.49. The van der Waals surface area contributed by atoms with E-state index in [2.05, 4.69) is 12.1 Å². The summed E-state index contributed by atoms with van der Waals surface area (Å²) in [5.74, 6) is -1.53. The van der Waals surface area contributed by atoms with E-state index in [1.165, 1.54) is 5.56 Å². The molecule has 172 valence electrons. The molecule has 2 aromatic carbocycles. The maximum Gasteiger partial charge on any atom is 0.338 e. The van der Waals surface area contributed by atoms with Gasteiger partial charge in [-0.05, 0) is 30.2 Å². The van der Waals surface area contributed by atoms with Crippen molar-refractivity contribution in [2.75, 3.05) is 13.2 Å². The topological polar surface area (TPSA) is 71.1 Å². The predicted octanol–water partition coefficient (Wildman–Crippen LogP) is 4.10. The SMILES string of the molecule is O=C1C[C@@H]2[C@@H](/C=C/C3(CCc4ccccc4)OCCO3)[C@H](OC(=O)c3ccccc3)C[C@@H]2O1. The second-order valence-electron chi connectivity index (χ2n) is 8.87. The number of carbonyl (C=O) groups is 2. The van der Waals surface area contributed by atoms with Gasteiger partial charge < -0.3 is 18.9 Å². The zero-order valence-electron chi connectivity index (χ0n) is 18.4. The fourth-order valence-corrected chi connectivity index (χ4v) is 5.09. The van der Waals surface area contributed by atoms with Gasteiger partial charge in [-0.1, -0.05) is 54.6 Å². The van der Waals surface area contributed by atoms with Crippen molar-refractivity contribution in [2.45, 2.75) is 43.7 Å². The number of hydrogen-bond donors (Lipinski definition) is 0. The van der Waals surface area contributed by atoms with E-state index in [0.29, 0.717) is 38.0 Å². The van der Waals surface area contributed by atoms with Crippen LogP contribution in [0.3, 0.4) is 0 Å². The normalized spacial score (nSPS) is 28.1. The Kier molecular flexibility index (Phi) is 6.29. The predicted molar refractivity (Wildman–Crippen MR) is 120 cm³/mol. The van der Waals surface area contributed by atoms with Gasteiger partial charge in [-0.15, -0.1) is 0 Å². The minimum absolute atomic E-state index is 0.0186. The van der Waals surface area contributed by atoms with Gasteiger partial charge in [0, 0.05) is 24.7 Å². The van der Waals surface area contributed by atoms with Crippen molar-refractivity contribution < 1.29 is 28.5 Å². The molecule has 0 radical (unpaired) electrons. The highest BCUT2D eigenvalue weighted by molar-refractivity contribution is 5.89. The lowest BCUT2D eigenvalue weighted by Gasteiger charge is -2.26. The van der Waals surface area contributed by atoms with Gasteiger partial charge in [-0.25, -0.2) is 4.79 Å². The molecule has 3 aliphatic rings. The monoisotopic (exact) mass is 448 g/mol. The van der Waals surface area contributed by atoms with Crippen molar-refractivity contribution in [3.05, 3.63) is 83.9 Å². The summed E-state index contributed by atoms with van der Waals surface area (Å²) in [4.78, 5) is 24.6. The average molecular weight is 449 g/mol. The lowest BCUT2D eigenvalue weighted by atomic mass is 9.90. The summed E-state index contributed by atoms with van der Waals surface area (Å²) in [5, 5.41) is 0. The van der Waals surface area contributed by atoms with Gasteiger partial charge in [-0.3, -0.25) is 4.79 Å². The molecule has 2 aromatic rings. The van der Waals surface area contributed by atoms with Crippen LogP contribution in [0.1, 0.15) is 35.2 Å². The molecule has 2 saturated heterocycles. The summed E-state index contributed by atoms with van der Waals surface area (Å²) in [6.07, 6.45) is 5.71. The number of ether oxygens (including phenoxy) is 4. The Balaban J connectivity index is 1.33. The molecule has 33 heavy (non-hydrogen) atoms. The second-order valence-corrected chi connectivity index (χ2v) is 8.87. The highest BCUT2D eigenvalue weighted by Crippen LogP contribution is 2.44. The highest BCUT2D eigenvalue weighted by atomic mass is 16.7. The number of esters is 2. The van der Waals surface area contributed by atoms with Gasteiger partial charge in [0.15, 0.2) is 5.79 Å². The van der Waals surface area contributed by atoms with Crippen molar-refractivity contribution in [1.82, 2.24) is 0 Å². The molecule has 1 saturated carbocycles. The van der Waals surface area contributed by atoms with E-state index in [0.717, 1.165) is 6.42 Å². The Bertz CT molecular complexity index is 996. The van der Waals surface area contributed by atoms with Crippen molar-refractivity contribution in [1.29, 1.82) is 0 Å². The van der Waals surface area contributed by atoms with Crippen LogP contribution >= 0.6 is 0 Å². The maximum absolute atomic E-state index is 12.7. The molecule has 4 atom stereocenters. The molecule has 0 amide bonds. The molecule has 0 unspecified atom stereocenters. The first kappa shape index (κ1) is 21.9. The largest absolute Gasteiger partial charge is 0.462 e. The quantitative estimate of drug-likeness (QED) is 0.469. The molecule has 5 rings (SSSR count). The van der Waals surface area contributed by atoms with Crippen molar-refractivity contribution in [3.63, 3.8) is 0 Å². The summed E-state index contributed by atoms with van der Waals surface area (Å²) in [6.45, 7) is 1.06. The van der Waals surface area contributed by atoms with Gasteiger partial charge in [0.1, 0.15) is 12.2 Å². The summed E-state index contributed by atoms with van der Waals surface area (Å²) in [5.41, 5.74) is 1.73.